The molecule has 0 bridgehead atoms. The summed E-state index contributed by atoms with van der Waals surface area (Å²) in [5.74, 6) is -0.964. The van der Waals surface area contributed by atoms with Crippen molar-refractivity contribution in [2.75, 3.05) is 0 Å². The molecule has 0 heterocycles. The molecule has 0 spiro atoms. The highest BCUT2D eigenvalue weighted by molar-refractivity contribution is 6.60. The van der Waals surface area contributed by atoms with Crippen molar-refractivity contribution in [3.05, 3.63) is 57.6 Å². The summed E-state index contributed by atoms with van der Waals surface area (Å²) in [7, 11) is 0. The quantitative estimate of drug-likeness (QED) is 0.446. The van der Waals surface area contributed by atoms with Gasteiger partial charge in [-0.15, -0.1) is 0 Å². The monoisotopic (exact) mass is 300 g/mol. The van der Waals surface area contributed by atoms with Gasteiger partial charge in [-0.25, -0.2) is 0 Å². The zero-order chi connectivity index (χ0) is 14.0. The first-order valence-electron chi connectivity index (χ1n) is 6.02. The van der Waals surface area contributed by atoms with Crippen molar-refractivity contribution in [1.82, 2.24) is 0 Å². The molecule has 96 valence electrons. The molecule has 0 atom stereocenters. The Bertz CT molecular complexity index is 958. The van der Waals surface area contributed by atoms with Crippen LogP contribution in [0.5, 0.6) is 0 Å². The van der Waals surface area contributed by atoms with Gasteiger partial charge in [-0.3, -0.25) is 9.59 Å². The topological polar surface area (TPSA) is 34.1 Å². The summed E-state index contributed by atoms with van der Waals surface area (Å²) < 4.78 is 0. The van der Waals surface area contributed by atoms with Gasteiger partial charge in [-0.05, 0) is 29.7 Å². The summed E-state index contributed by atoms with van der Waals surface area (Å²) in [4.78, 5) is 24.4. The number of fused-ring (bicyclic) bond motifs is 2. The van der Waals surface area contributed by atoms with Crippen LogP contribution in [-0.4, -0.2) is 11.6 Å². The van der Waals surface area contributed by atoms with E-state index in [1.54, 1.807) is 30.3 Å². The molecule has 1 aliphatic carbocycles. The normalized spacial score (nSPS) is 13.7. The van der Waals surface area contributed by atoms with Crippen molar-refractivity contribution in [3.8, 4) is 0 Å². The van der Waals surface area contributed by atoms with E-state index >= 15 is 0 Å². The molecule has 0 aromatic heterocycles. The second-order valence-electron chi connectivity index (χ2n) is 4.76. The Kier molecular flexibility index (Phi) is 2.27. The largest absolute Gasteiger partial charge is 0.285 e. The Morgan fingerprint density at radius 3 is 2.30 bits per heavy atom. The van der Waals surface area contributed by atoms with Crippen molar-refractivity contribution in [2.45, 2.75) is 0 Å². The molecule has 2 nitrogen and oxygen atoms in total. The fourth-order valence-electron chi connectivity index (χ4n) is 2.85. The standard InChI is InChI=1S/C16H6Cl2O2/c17-11-3-1-2-7-9(11)6-10-12(18)5-4-8-13(10)14(7)16(20)15(8)19/h1-6H. The second kappa shape index (κ2) is 3.81. The van der Waals surface area contributed by atoms with Gasteiger partial charge in [-0.1, -0.05) is 35.3 Å². The molecular formula is C16H6Cl2O2. The van der Waals surface area contributed by atoms with E-state index in [2.05, 4.69) is 0 Å². The van der Waals surface area contributed by atoms with Crippen molar-refractivity contribution in [2.24, 2.45) is 0 Å². The van der Waals surface area contributed by atoms with Crippen molar-refractivity contribution < 1.29 is 9.59 Å². The number of hydrogen-bond donors (Lipinski definition) is 0. The highest BCUT2D eigenvalue weighted by Gasteiger charge is 2.33. The number of rotatable bonds is 0. The van der Waals surface area contributed by atoms with Crippen molar-refractivity contribution in [3.63, 3.8) is 0 Å². The van der Waals surface area contributed by atoms with Crippen LogP contribution in [0.25, 0.3) is 21.5 Å². The lowest BCUT2D eigenvalue weighted by atomic mass is 9.97. The summed E-state index contributed by atoms with van der Waals surface area (Å²) in [6.07, 6.45) is 0. The lowest BCUT2D eigenvalue weighted by Crippen LogP contribution is -2.06. The number of ketones is 2. The van der Waals surface area contributed by atoms with Gasteiger partial charge in [0.1, 0.15) is 0 Å². The van der Waals surface area contributed by atoms with Crippen LogP contribution in [0.4, 0.5) is 0 Å². The minimum atomic E-state index is -0.486. The van der Waals surface area contributed by atoms with E-state index in [0.29, 0.717) is 37.3 Å². The highest BCUT2D eigenvalue weighted by Crippen LogP contribution is 2.41. The van der Waals surface area contributed by atoms with Crippen molar-refractivity contribution >= 4 is 56.3 Å². The molecule has 4 rings (SSSR count). The van der Waals surface area contributed by atoms with E-state index < -0.39 is 11.6 Å². The molecule has 20 heavy (non-hydrogen) atoms. The molecule has 0 amide bonds. The van der Waals surface area contributed by atoms with Gasteiger partial charge in [0.15, 0.2) is 0 Å². The lowest BCUT2D eigenvalue weighted by molar-refractivity contribution is 0.0826. The van der Waals surface area contributed by atoms with Crippen LogP contribution >= 0.6 is 23.2 Å². The lowest BCUT2D eigenvalue weighted by Gasteiger charge is -2.08. The maximum atomic E-state index is 12.3. The number of carbonyl (C=O) groups is 2. The Balaban J connectivity index is 2.39. The Hall–Kier alpha value is -1.90. The van der Waals surface area contributed by atoms with Crippen molar-refractivity contribution in [1.29, 1.82) is 0 Å². The minimum absolute atomic E-state index is 0.419. The Morgan fingerprint density at radius 2 is 1.50 bits per heavy atom. The fraction of sp³-hybridized carbons (Fsp3) is 0. The highest BCUT2D eigenvalue weighted by atomic mass is 35.5. The molecule has 3 aromatic rings. The first kappa shape index (κ1) is 11.9. The number of Topliss-reactive ketones (excluding diaryl/α,β-unsaturated/α-hetero) is 2. The van der Waals surface area contributed by atoms with Gasteiger partial charge in [0.05, 0.1) is 0 Å². The molecular weight excluding hydrogens is 295 g/mol. The molecule has 0 radical (unpaired) electrons. The SMILES string of the molecule is O=C1C(=O)c2c3cccc(Cl)c3cc3c(Cl)ccc1c23. The van der Waals surface area contributed by atoms with Gasteiger partial charge < -0.3 is 0 Å². The number of benzene rings is 3. The molecule has 0 fully saturated rings. The smallest absolute Gasteiger partial charge is 0.234 e. The first-order chi connectivity index (χ1) is 9.59. The maximum absolute atomic E-state index is 12.3. The molecule has 0 unspecified atom stereocenters. The van der Waals surface area contributed by atoms with Crippen LogP contribution < -0.4 is 0 Å². The van der Waals surface area contributed by atoms with E-state index in [-0.39, 0.29) is 0 Å². The zero-order valence-electron chi connectivity index (χ0n) is 10.0. The molecule has 0 N–H and O–H groups in total. The third-order valence-electron chi connectivity index (χ3n) is 3.73. The number of hydrogen-bond acceptors (Lipinski definition) is 2. The summed E-state index contributed by atoms with van der Waals surface area (Å²) in [6.45, 7) is 0. The zero-order valence-corrected chi connectivity index (χ0v) is 11.5. The van der Waals surface area contributed by atoms with Gasteiger partial charge in [0.2, 0.25) is 11.6 Å². The Morgan fingerprint density at radius 1 is 0.750 bits per heavy atom. The maximum Gasteiger partial charge on any atom is 0.234 e. The molecule has 1 aliphatic rings. The van der Waals surface area contributed by atoms with Crippen LogP contribution in [-0.2, 0) is 0 Å². The molecule has 0 saturated carbocycles. The van der Waals surface area contributed by atoms with Gasteiger partial charge in [-0.2, -0.15) is 0 Å². The predicted octanol–water partition coefficient (Wildman–Crippen LogP) is 4.68. The van der Waals surface area contributed by atoms with Crippen LogP contribution in [0.15, 0.2) is 36.4 Å². The van der Waals surface area contributed by atoms with Gasteiger partial charge >= 0.3 is 0 Å². The molecule has 3 aromatic carbocycles. The van der Waals surface area contributed by atoms with Gasteiger partial charge in [0, 0.05) is 37.3 Å². The van der Waals surface area contributed by atoms with E-state index in [1.165, 1.54) is 0 Å². The Labute approximate surface area is 123 Å². The second-order valence-corrected chi connectivity index (χ2v) is 5.58. The van der Waals surface area contributed by atoms with E-state index in [4.69, 9.17) is 23.2 Å². The van der Waals surface area contributed by atoms with Crippen LogP contribution in [0.2, 0.25) is 10.0 Å². The first-order valence-corrected chi connectivity index (χ1v) is 6.77. The van der Waals surface area contributed by atoms with E-state index in [1.807, 2.05) is 6.07 Å². The fourth-order valence-corrected chi connectivity index (χ4v) is 3.29. The number of halogens is 2. The average molecular weight is 301 g/mol. The van der Waals surface area contributed by atoms with Crippen LogP contribution in [0.3, 0.4) is 0 Å². The molecule has 0 saturated heterocycles. The van der Waals surface area contributed by atoms with Gasteiger partial charge in [0.25, 0.3) is 0 Å². The third-order valence-corrected chi connectivity index (χ3v) is 4.39. The number of carbonyl (C=O) groups excluding carboxylic acids is 2. The summed E-state index contributed by atoms with van der Waals surface area (Å²) in [6, 6.07) is 10.4. The van der Waals surface area contributed by atoms with E-state index in [9.17, 15) is 9.59 Å². The molecule has 0 aliphatic heterocycles. The van der Waals surface area contributed by atoms with Crippen LogP contribution in [0.1, 0.15) is 20.7 Å². The minimum Gasteiger partial charge on any atom is -0.285 e. The van der Waals surface area contributed by atoms with E-state index in [0.717, 1.165) is 5.39 Å². The summed E-state index contributed by atoms with van der Waals surface area (Å²) >= 11 is 12.4. The summed E-state index contributed by atoms with van der Waals surface area (Å²) in [5.41, 5.74) is 0.841. The average Bonchev–Trinajstić information content (AvgIpc) is 2.69. The third kappa shape index (κ3) is 1.30. The predicted molar refractivity (Wildman–Crippen MR) is 80.1 cm³/mol. The summed E-state index contributed by atoms with van der Waals surface area (Å²) in [5, 5.41) is 3.81. The van der Waals surface area contributed by atoms with Crippen LogP contribution in [0, 0.1) is 0 Å². The molecule has 4 heteroatoms.